The predicted molar refractivity (Wildman–Crippen MR) is 201 cm³/mol. The van der Waals surface area contributed by atoms with Crippen molar-refractivity contribution in [1.82, 2.24) is 9.57 Å². The van der Waals surface area contributed by atoms with Gasteiger partial charge in [0, 0.05) is 25.2 Å². The summed E-state index contributed by atoms with van der Waals surface area (Å²) in [7, 11) is 0.105. The second kappa shape index (κ2) is 20.3. The fraction of sp³-hybridized carbons (Fsp3) is 0.825. The summed E-state index contributed by atoms with van der Waals surface area (Å²) in [5, 5.41) is 8.92. The number of unbranched alkanes of at least 4 members (excludes halogenated alkanes) is 1. The molecule has 0 radical (unpaired) electrons. The molecule has 0 aromatic heterocycles. The van der Waals surface area contributed by atoms with Crippen LogP contribution in [0.2, 0.25) is 0 Å². The fourth-order valence-corrected chi connectivity index (χ4v) is 10.9. The van der Waals surface area contributed by atoms with Gasteiger partial charge >= 0.3 is 24.1 Å². The van der Waals surface area contributed by atoms with E-state index in [9.17, 15) is 39.5 Å². The number of hydrogen-bond donors (Lipinski definition) is 0. The Kier molecular flexibility index (Phi) is 17.1. The second-order valence-corrected chi connectivity index (χ2v) is 18.0. The molecule has 58 heavy (non-hydrogen) atoms. The summed E-state index contributed by atoms with van der Waals surface area (Å²) in [4.78, 5) is 1.30. The predicted octanol–water partition coefficient (Wildman–Crippen LogP) is 10.8. The minimum atomic E-state index is -6.75. The van der Waals surface area contributed by atoms with E-state index >= 15 is 0 Å². The van der Waals surface area contributed by atoms with Crippen LogP contribution >= 0.6 is 8.53 Å². The van der Waals surface area contributed by atoms with E-state index in [1.165, 1.54) is 23.1 Å². The van der Waals surface area contributed by atoms with E-state index in [-0.39, 0.29) is 36.8 Å². The smallest absolute Gasteiger partial charge is 0.435 e. The first-order valence-corrected chi connectivity index (χ1v) is 21.3. The SMILES string of the molecule is CC(C)N(C(C)C)P(OCCC#N)OCCCCOc1ccc2c(c1)CCC1C2CCC2(C)C(OCCN(C)CCOC(C(F)(F)F)(C(F)(F)F)C(F)(F)F)CCC12. The molecule has 6 unspecified atom stereocenters. The van der Waals surface area contributed by atoms with Gasteiger partial charge in [-0.25, -0.2) is 4.67 Å². The molecule has 0 saturated heterocycles. The van der Waals surface area contributed by atoms with Gasteiger partial charge in [-0.3, -0.25) is 0 Å². The van der Waals surface area contributed by atoms with E-state index in [2.05, 4.69) is 68.3 Å². The van der Waals surface area contributed by atoms with Gasteiger partial charge in [-0.15, -0.1) is 0 Å². The third kappa shape index (κ3) is 11.1. The zero-order valence-corrected chi connectivity index (χ0v) is 35.1. The van der Waals surface area contributed by atoms with Crippen LogP contribution in [-0.4, -0.2) is 105 Å². The van der Waals surface area contributed by atoms with Crippen molar-refractivity contribution in [3.05, 3.63) is 29.3 Å². The molecule has 1 aromatic carbocycles. The van der Waals surface area contributed by atoms with E-state index in [0.717, 1.165) is 57.1 Å². The number of aryl methyl sites for hydroxylation is 1. The maximum atomic E-state index is 13.2. The molecule has 18 heteroatoms. The lowest BCUT2D eigenvalue weighted by atomic mass is 9.55. The number of hydrogen-bond acceptors (Lipinski definition) is 8. The number of fused-ring (bicyclic) bond motifs is 5. The average Bonchev–Trinajstić information content (AvgIpc) is 3.45. The summed E-state index contributed by atoms with van der Waals surface area (Å²) in [6, 6.07) is 9.01. The van der Waals surface area contributed by atoms with Crippen LogP contribution in [0.4, 0.5) is 39.5 Å². The van der Waals surface area contributed by atoms with Gasteiger partial charge in [-0.2, -0.15) is 44.8 Å². The van der Waals surface area contributed by atoms with E-state index in [4.69, 9.17) is 23.8 Å². The molecule has 0 amide bonds. The molecule has 2 saturated carbocycles. The van der Waals surface area contributed by atoms with Gasteiger partial charge in [0.1, 0.15) is 5.75 Å². The lowest BCUT2D eigenvalue weighted by Crippen LogP contribution is -2.68. The molecule has 6 atom stereocenters. The number of nitrogens with zero attached hydrogens (tertiary/aromatic N) is 3. The van der Waals surface area contributed by atoms with Crippen LogP contribution in [-0.2, 0) is 24.9 Å². The van der Waals surface area contributed by atoms with Gasteiger partial charge in [0.15, 0.2) is 0 Å². The first-order chi connectivity index (χ1) is 27.1. The second-order valence-electron chi connectivity index (χ2n) is 16.5. The van der Waals surface area contributed by atoms with Crippen LogP contribution in [0.5, 0.6) is 5.75 Å². The highest BCUT2D eigenvalue weighted by Gasteiger charge is 2.85. The molecule has 2 fully saturated rings. The molecule has 8 nitrogen and oxygen atoms in total. The number of benzene rings is 1. The number of ether oxygens (including phenoxy) is 3. The molecule has 3 aliphatic carbocycles. The summed E-state index contributed by atoms with van der Waals surface area (Å²) in [6.45, 7) is 10.2. The van der Waals surface area contributed by atoms with Crippen molar-refractivity contribution in [2.24, 2.45) is 17.3 Å². The molecule has 0 aliphatic heterocycles. The van der Waals surface area contributed by atoms with Crippen molar-refractivity contribution in [2.45, 2.75) is 141 Å². The minimum absolute atomic E-state index is 0.0883. The monoisotopic (exact) mass is 863 g/mol. The molecule has 0 spiro atoms. The van der Waals surface area contributed by atoms with Crippen LogP contribution in [0.1, 0.15) is 103 Å². The van der Waals surface area contributed by atoms with Crippen molar-refractivity contribution in [1.29, 1.82) is 5.26 Å². The van der Waals surface area contributed by atoms with Crippen molar-refractivity contribution in [2.75, 3.05) is 53.2 Å². The normalized spacial score (nSPS) is 24.6. The highest BCUT2D eigenvalue weighted by molar-refractivity contribution is 7.44. The Labute approximate surface area is 338 Å². The quantitative estimate of drug-likeness (QED) is 0.0687. The zero-order valence-electron chi connectivity index (χ0n) is 34.2. The standard InChI is InChI=1S/C40H59F9N3O5P/c1-27(2)52(28(3)4)58(57-23-9-18-50)56-22-8-7-21-53-30-11-13-31-29(26-30)10-12-33-32(31)16-17-36(5)34(33)14-15-35(36)54-24-19-51(6)20-25-55-37(38(41,42)43,39(44,45)46)40(47,48)49/h11,13,26-28,32-35H,7-10,12,14-17,19-25H2,1-6H3. The zero-order chi connectivity index (χ0) is 43.1. The topological polar surface area (TPSA) is 76.4 Å². The number of nitriles is 1. The van der Waals surface area contributed by atoms with Crippen molar-refractivity contribution < 1.29 is 62.8 Å². The average molecular weight is 864 g/mol. The summed E-state index contributed by atoms with van der Waals surface area (Å²) in [5.41, 5.74) is -3.70. The molecule has 1 aromatic rings. The highest BCUT2D eigenvalue weighted by atomic mass is 31.2. The van der Waals surface area contributed by atoms with E-state index < -0.39 is 45.8 Å². The van der Waals surface area contributed by atoms with Crippen molar-refractivity contribution in [3.8, 4) is 11.8 Å². The van der Waals surface area contributed by atoms with Gasteiger partial charge in [0.05, 0.1) is 51.6 Å². The van der Waals surface area contributed by atoms with Crippen LogP contribution in [0.15, 0.2) is 18.2 Å². The molecule has 0 bridgehead atoms. The van der Waals surface area contributed by atoms with Crippen LogP contribution < -0.4 is 4.74 Å². The van der Waals surface area contributed by atoms with E-state index in [0.29, 0.717) is 44.0 Å². The van der Waals surface area contributed by atoms with Gasteiger partial charge in [0.25, 0.3) is 8.53 Å². The first-order valence-electron chi connectivity index (χ1n) is 20.2. The Morgan fingerprint density at radius 2 is 1.45 bits per heavy atom. The summed E-state index contributed by atoms with van der Waals surface area (Å²) >= 11 is 0. The van der Waals surface area contributed by atoms with Gasteiger partial charge in [-0.1, -0.05) is 13.0 Å². The number of alkyl halides is 9. The largest absolute Gasteiger partial charge is 0.494 e. The summed E-state index contributed by atoms with van der Waals surface area (Å²) in [5.74, 6) is 2.15. The van der Waals surface area contributed by atoms with Crippen molar-refractivity contribution in [3.63, 3.8) is 0 Å². The Morgan fingerprint density at radius 1 is 0.828 bits per heavy atom. The van der Waals surface area contributed by atoms with Gasteiger partial charge < -0.3 is 28.2 Å². The van der Waals surface area contributed by atoms with Gasteiger partial charge in [0.2, 0.25) is 0 Å². The third-order valence-electron chi connectivity index (χ3n) is 12.1. The van der Waals surface area contributed by atoms with Crippen LogP contribution in [0, 0.1) is 28.6 Å². The summed E-state index contributed by atoms with van der Waals surface area (Å²) < 4.78 is 149. The Hall–Kier alpha value is -1.93. The lowest BCUT2D eigenvalue weighted by Gasteiger charge is -2.50. The lowest BCUT2D eigenvalue weighted by molar-refractivity contribution is -0.457. The van der Waals surface area contributed by atoms with Gasteiger partial charge in [-0.05, 0) is 133 Å². The number of rotatable bonds is 21. The first kappa shape index (κ1) is 48.7. The minimum Gasteiger partial charge on any atom is -0.494 e. The Balaban J connectivity index is 1.23. The molecule has 4 rings (SSSR count). The third-order valence-corrected chi connectivity index (χ3v) is 14.2. The van der Waals surface area contributed by atoms with Crippen molar-refractivity contribution >= 4 is 8.53 Å². The maximum absolute atomic E-state index is 13.2. The van der Waals surface area contributed by atoms with E-state index in [1.807, 2.05) is 0 Å². The molecule has 3 aliphatic rings. The molecule has 0 N–H and O–H groups in total. The van der Waals surface area contributed by atoms with Crippen LogP contribution in [0.25, 0.3) is 0 Å². The maximum Gasteiger partial charge on any atom is 0.435 e. The van der Waals surface area contributed by atoms with Crippen LogP contribution in [0.3, 0.4) is 0 Å². The highest BCUT2D eigenvalue weighted by Crippen LogP contribution is 2.62. The van der Waals surface area contributed by atoms with E-state index in [1.54, 1.807) is 0 Å². The number of halogens is 9. The summed E-state index contributed by atoms with van der Waals surface area (Å²) in [6.07, 6.45) is -12.7. The molecule has 0 heterocycles. The molecule has 332 valence electrons. The number of likely N-dealkylation sites (N-methyl/N-ethyl adjacent to an activating group) is 1. The fourth-order valence-electron chi connectivity index (χ4n) is 9.27. The molecular formula is C40H59F9N3O5P. The Morgan fingerprint density at radius 3 is 2.07 bits per heavy atom. The molecular weight excluding hydrogens is 804 g/mol. The Bertz CT molecular complexity index is 1450.